The molecule has 0 bridgehead atoms. The first kappa shape index (κ1) is 15.6. The lowest BCUT2D eigenvalue weighted by molar-refractivity contribution is 0.359. The molecule has 0 radical (unpaired) electrons. The van der Waals surface area contributed by atoms with E-state index in [4.69, 9.17) is 21.1 Å². The van der Waals surface area contributed by atoms with Crippen molar-refractivity contribution >= 4 is 27.5 Å². The van der Waals surface area contributed by atoms with E-state index in [9.17, 15) is 0 Å². The van der Waals surface area contributed by atoms with E-state index < -0.39 is 0 Å². The van der Waals surface area contributed by atoms with Gasteiger partial charge in [0.05, 0.1) is 19.6 Å². The molecule has 0 amide bonds. The van der Waals surface area contributed by atoms with Crippen LogP contribution in [-0.4, -0.2) is 14.2 Å². The van der Waals surface area contributed by atoms with Gasteiger partial charge in [-0.25, -0.2) is 0 Å². The van der Waals surface area contributed by atoms with Crippen LogP contribution in [0.1, 0.15) is 38.1 Å². The Kier molecular flexibility index (Phi) is 5.35. The third kappa shape index (κ3) is 3.79. The lowest BCUT2D eigenvalue weighted by atomic mass is 9.88. The number of alkyl halides is 1. The van der Waals surface area contributed by atoms with Crippen molar-refractivity contribution in [2.75, 3.05) is 14.2 Å². The molecule has 1 atom stereocenters. The van der Waals surface area contributed by atoms with Crippen molar-refractivity contribution in [3.8, 4) is 11.5 Å². The lowest BCUT2D eigenvalue weighted by Crippen LogP contribution is -2.09. The zero-order chi connectivity index (χ0) is 13.9. The summed E-state index contributed by atoms with van der Waals surface area (Å²) in [6, 6.07) is 3.87. The second kappa shape index (κ2) is 6.16. The van der Waals surface area contributed by atoms with Crippen molar-refractivity contribution in [1.82, 2.24) is 0 Å². The highest BCUT2D eigenvalue weighted by molar-refractivity contribution is 9.10. The maximum atomic E-state index is 6.50. The van der Waals surface area contributed by atoms with Gasteiger partial charge in [-0.1, -0.05) is 26.8 Å². The number of hydrogen-bond donors (Lipinski definition) is 0. The summed E-state index contributed by atoms with van der Waals surface area (Å²) in [6.07, 6.45) is 0.879. The molecule has 2 nitrogen and oxygen atoms in total. The van der Waals surface area contributed by atoms with E-state index in [1.165, 1.54) is 0 Å². The first-order chi connectivity index (χ1) is 8.30. The molecule has 1 aromatic rings. The minimum atomic E-state index is -0.0813. The number of hydrogen-bond acceptors (Lipinski definition) is 2. The van der Waals surface area contributed by atoms with Crippen LogP contribution in [0, 0.1) is 5.41 Å². The van der Waals surface area contributed by atoms with Crippen LogP contribution in [0.25, 0.3) is 0 Å². The van der Waals surface area contributed by atoms with E-state index in [1.54, 1.807) is 14.2 Å². The van der Waals surface area contributed by atoms with Crippen LogP contribution in [0.5, 0.6) is 11.5 Å². The molecule has 0 saturated heterocycles. The second-order valence-corrected chi connectivity index (χ2v) is 6.76. The summed E-state index contributed by atoms with van der Waals surface area (Å²) in [5, 5.41) is -0.0813. The molecule has 0 aliphatic rings. The second-order valence-electron chi connectivity index (χ2n) is 5.44. The van der Waals surface area contributed by atoms with Gasteiger partial charge in [0.15, 0.2) is 0 Å². The van der Waals surface area contributed by atoms with Gasteiger partial charge < -0.3 is 9.47 Å². The van der Waals surface area contributed by atoms with Crippen molar-refractivity contribution < 1.29 is 9.47 Å². The standard InChI is InChI=1S/C14H20BrClO2/c1-14(2,3)8-10(16)9-6-7-11(17-4)12(15)13(9)18-5/h6-7,10H,8H2,1-5H3. The van der Waals surface area contributed by atoms with Crippen LogP contribution in [0.4, 0.5) is 0 Å². The molecule has 1 unspecified atom stereocenters. The Labute approximate surface area is 123 Å². The fourth-order valence-electron chi connectivity index (χ4n) is 1.81. The van der Waals surface area contributed by atoms with E-state index >= 15 is 0 Å². The highest BCUT2D eigenvalue weighted by Gasteiger charge is 2.23. The maximum absolute atomic E-state index is 6.50. The first-order valence-electron chi connectivity index (χ1n) is 5.84. The van der Waals surface area contributed by atoms with Crippen LogP contribution >= 0.6 is 27.5 Å². The van der Waals surface area contributed by atoms with Gasteiger partial charge in [-0.05, 0) is 33.8 Å². The fourth-order valence-corrected chi connectivity index (χ4v) is 3.13. The maximum Gasteiger partial charge on any atom is 0.141 e. The van der Waals surface area contributed by atoms with Crippen molar-refractivity contribution in [3.05, 3.63) is 22.2 Å². The molecule has 0 aromatic heterocycles. The van der Waals surface area contributed by atoms with Crippen molar-refractivity contribution in [2.24, 2.45) is 5.41 Å². The van der Waals surface area contributed by atoms with Gasteiger partial charge in [-0.2, -0.15) is 0 Å². The van der Waals surface area contributed by atoms with Crippen LogP contribution in [0.3, 0.4) is 0 Å². The predicted molar refractivity (Wildman–Crippen MR) is 79.9 cm³/mol. The molecular weight excluding hydrogens is 316 g/mol. The minimum absolute atomic E-state index is 0.0813. The van der Waals surface area contributed by atoms with Gasteiger partial charge in [0.25, 0.3) is 0 Å². The molecule has 0 spiro atoms. The number of methoxy groups -OCH3 is 2. The number of benzene rings is 1. The number of rotatable bonds is 4. The van der Waals surface area contributed by atoms with Gasteiger partial charge in [0.1, 0.15) is 16.0 Å². The third-order valence-electron chi connectivity index (χ3n) is 2.65. The van der Waals surface area contributed by atoms with E-state index in [0.29, 0.717) is 0 Å². The van der Waals surface area contributed by atoms with Gasteiger partial charge in [-0.15, -0.1) is 11.6 Å². The molecule has 0 aliphatic carbocycles. The smallest absolute Gasteiger partial charge is 0.141 e. The van der Waals surface area contributed by atoms with Crippen molar-refractivity contribution in [2.45, 2.75) is 32.6 Å². The van der Waals surface area contributed by atoms with Crippen molar-refractivity contribution in [3.63, 3.8) is 0 Å². The molecule has 4 heteroatoms. The Hall–Kier alpha value is -0.410. The summed E-state index contributed by atoms with van der Waals surface area (Å²) in [6.45, 7) is 6.52. The van der Waals surface area contributed by atoms with Gasteiger partial charge in [0, 0.05) is 5.56 Å². The van der Waals surface area contributed by atoms with Crippen LogP contribution in [-0.2, 0) is 0 Å². The molecule has 1 aromatic carbocycles. The Morgan fingerprint density at radius 2 is 1.83 bits per heavy atom. The average Bonchev–Trinajstić information content (AvgIpc) is 2.26. The summed E-state index contributed by atoms with van der Waals surface area (Å²) >= 11 is 9.99. The molecular formula is C14H20BrClO2. The summed E-state index contributed by atoms with van der Waals surface area (Å²) in [4.78, 5) is 0. The van der Waals surface area contributed by atoms with Gasteiger partial charge in [0.2, 0.25) is 0 Å². The minimum Gasteiger partial charge on any atom is -0.495 e. The Morgan fingerprint density at radius 3 is 2.28 bits per heavy atom. The highest BCUT2D eigenvalue weighted by Crippen LogP contribution is 2.44. The first-order valence-corrected chi connectivity index (χ1v) is 7.07. The van der Waals surface area contributed by atoms with Crippen LogP contribution in [0.2, 0.25) is 0 Å². The topological polar surface area (TPSA) is 18.5 Å². The lowest BCUT2D eigenvalue weighted by Gasteiger charge is -2.24. The summed E-state index contributed by atoms with van der Waals surface area (Å²) < 4.78 is 11.5. The molecule has 102 valence electrons. The molecule has 0 aliphatic heterocycles. The molecule has 0 heterocycles. The average molecular weight is 336 g/mol. The highest BCUT2D eigenvalue weighted by atomic mass is 79.9. The molecule has 18 heavy (non-hydrogen) atoms. The summed E-state index contributed by atoms with van der Waals surface area (Å²) in [5.74, 6) is 1.49. The molecule has 0 saturated carbocycles. The zero-order valence-corrected chi connectivity index (χ0v) is 13.9. The molecule has 1 rings (SSSR count). The largest absolute Gasteiger partial charge is 0.495 e. The quantitative estimate of drug-likeness (QED) is 0.706. The Morgan fingerprint density at radius 1 is 1.22 bits per heavy atom. The monoisotopic (exact) mass is 334 g/mol. The fraction of sp³-hybridized carbons (Fsp3) is 0.571. The van der Waals surface area contributed by atoms with Gasteiger partial charge in [-0.3, -0.25) is 0 Å². The van der Waals surface area contributed by atoms with E-state index in [1.807, 2.05) is 12.1 Å². The van der Waals surface area contributed by atoms with Crippen molar-refractivity contribution in [1.29, 1.82) is 0 Å². The predicted octanol–water partition coefficient (Wildman–Crippen LogP) is 5.18. The number of ether oxygens (including phenoxy) is 2. The SMILES string of the molecule is COc1ccc(C(Cl)CC(C)(C)C)c(OC)c1Br. The number of halogens is 2. The normalized spacial score (nSPS) is 13.3. The Balaban J connectivity index is 3.13. The van der Waals surface area contributed by atoms with E-state index in [0.717, 1.165) is 28.0 Å². The molecule has 0 fully saturated rings. The van der Waals surface area contributed by atoms with Crippen LogP contribution in [0.15, 0.2) is 16.6 Å². The third-order valence-corrected chi connectivity index (χ3v) is 3.79. The Bertz CT molecular complexity index is 413. The van der Waals surface area contributed by atoms with Crippen LogP contribution < -0.4 is 9.47 Å². The van der Waals surface area contributed by atoms with E-state index in [2.05, 4.69) is 36.7 Å². The zero-order valence-electron chi connectivity index (χ0n) is 11.5. The molecule has 0 N–H and O–H groups in total. The summed E-state index contributed by atoms with van der Waals surface area (Å²) in [7, 11) is 3.27. The van der Waals surface area contributed by atoms with Gasteiger partial charge >= 0.3 is 0 Å². The summed E-state index contributed by atoms with van der Waals surface area (Å²) in [5.41, 5.74) is 1.16. The van der Waals surface area contributed by atoms with E-state index in [-0.39, 0.29) is 10.8 Å².